The Balaban J connectivity index is 1.44. The molecule has 0 unspecified atom stereocenters. The topological polar surface area (TPSA) is 58.4 Å². The number of carbonyl (C=O) groups excluding carboxylic acids is 1. The van der Waals surface area contributed by atoms with Crippen LogP contribution in [0.25, 0.3) is 10.8 Å². The van der Waals surface area contributed by atoms with Gasteiger partial charge in [-0.3, -0.25) is 9.48 Å². The summed E-state index contributed by atoms with van der Waals surface area (Å²) < 4.78 is 1.65. The summed E-state index contributed by atoms with van der Waals surface area (Å²) in [5.41, 5.74) is 2.04. The van der Waals surface area contributed by atoms with Crippen LogP contribution in [0.15, 0.2) is 54.7 Å². The predicted octanol–water partition coefficient (Wildman–Crippen LogP) is 2.72. The van der Waals surface area contributed by atoms with E-state index in [1.165, 1.54) is 10.8 Å². The van der Waals surface area contributed by atoms with Crippen LogP contribution in [0, 0.1) is 6.92 Å². The number of aliphatic hydroxyl groups excluding tert-OH is 1. The first-order chi connectivity index (χ1) is 12.6. The molecule has 5 heteroatoms. The lowest BCUT2D eigenvalue weighted by Gasteiger charge is -2.36. The minimum absolute atomic E-state index is 0.00381. The lowest BCUT2D eigenvalue weighted by molar-refractivity contribution is -0.135. The van der Waals surface area contributed by atoms with Crippen LogP contribution in [0.5, 0.6) is 0 Å². The van der Waals surface area contributed by atoms with Gasteiger partial charge in [-0.25, -0.2) is 0 Å². The molecular formula is C21H23N3O2. The van der Waals surface area contributed by atoms with Crippen molar-refractivity contribution < 1.29 is 9.90 Å². The number of aryl methyl sites for hydroxylation is 1. The number of β-amino-alcohol motifs (C(OH)–C–C–N with tert-alkyl or cyclic N) is 1. The van der Waals surface area contributed by atoms with Crippen molar-refractivity contribution in [1.29, 1.82) is 0 Å². The van der Waals surface area contributed by atoms with E-state index in [9.17, 15) is 9.90 Å². The van der Waals surface area contributed by atoms with E-state index in [2.05, 4.69) is 35.4 Å². The smallest absolute Gasteiger partial charge is 0.244 e. The molecule has 134 valence electrons. The van der Waals surface area contributed by atoms with E-state index >= 15 is 0 Å². The highest BCUT2D eigenvalue weighted by Gasteiger charge is 2.31. The Morgan fingerprint density at radius 2 is 2.00 bits per heavy atom. The van der Waals surface area contributed by atoms with E-state index < -0.39 is 6.10 Å². The largest absolute Gasteiger partial charge is 0.391 e. The van der Waals surface area contributed by atoms with Crippen LogP contribution in [-0.4, -0.2) is 44.9 Å². The summed E-state index contributed by atoms with van der Waals surface area (Å²) in [5.74, 6) is 0.0692. The van der Waals surface area contributed by atoms with Gasteiger partial charge >= 0.3 is 0 Å². The Labute approximate surface area is 152 Å². The molecule has 5 nitrogen and oxygen atoms in total. The number of nitrogens with zero attached hydrogens (tertiary/aromatic N) is 3. The van der Waals surface area contributed by atoms with Crippen LogP contribution in [0.4, 0.5) is 0 Å². The fraction of sp³-hybridized carbons (Fsp3) is 0.333. The summed E-state index contributed by atoms with van der Waals surface area (Å²) in [6.45, 7) is 3.16. The minimum Gasteiger partial charge on any atom is -0.391 e. The van der Waals surface area contributed by atoms with Crippen LogP contribution >= 0.6 is 0 Å². The molecular weight excluding hydrogens is 326 g/mol. The van der Waals surface area contributed by atoms with Gasteiger partial charge in [0.2, 0.25) is 5.91 Å². The zero-order valence-corrected chi connectivity index (χ0v) is 14.9. The van der Waals surface area contributed by atoms with Crippen molar-refractivity contribution in [2.75, 3.05) is 13.1 Å². The normalized spacial score (nSPS) is 20.5. The summed E-state index contributed by atoms with van der Waals surface area (Å²) >= 11 is 0. The molecule has 2 aromatic carbocycles. The van der Waals surface area contributed by atoms with Gasteiger partial charge in [0.25, 0.3) is 0 Å². The molecule has 1 N–H and O–H groups in total. The number of fused-ring (bicyclic) bond motifs is 1. The van der Waals surface area contributed by atoms with Crippen molar-refractivity contribution in [3.63, 3.8) is 0 Å². The van der Waals surface area contributed by atoms with Gasteiger partial charge in [-0.1, -0.05) is 42.5 Å². The van der Waals surface area contributed by atoms with Gasteiger partial charge < -0.3 is 10.0 Å². The van der Waals surface area contributed by atoms with Crippen molar-refractivity contribution in [2.24, 2.45) is 0 Å². The van der Waals surface area contributed by atoms with Gasteiger partial charge in [0, 0.05) is 25.2 Å². The molecule has 0 aliphatic carbocycles. The highest BCUT2D eigenvalue weighted by atomic mass is 16.3. The van der Waals surface area contributed by atoms with E-state index in [0.29, 0.717) is 13.1 Å². The summed E-state index contributed by atoms with van der Waals surface area (Å²) in [6.07, 6.45) is 2.03. The molecule has 0 spiro atoms. The minimum atomic E-state index is -0.548. The zero-order valence-electron chi connectivity index (χ0n) is 14.9. The number of hydrogen-bond donors (Lipinski definition) is 1. The number of likely N-dealkylation sites (tertiary alicyclic amines) is 1. The van der Waals surface area contributed by atoms with Gasteiger partial charge in [0.1, 0.15) is 6.54 Å². The van der Waals surface area contributed by atoms with Crippen LogP contribution in [0.3, 0.4) is 0 Å². The number of aliphatic hydroxyl groups is 1. The lowest BCUT2D eigenvalue weighted by atomic mass is 9.86. The monoisotopic (exact) mass is 349 g/mol. The number of amides is 1. The molecule has 1 aromatic heterocycles. The number of benzene rings is 2. The molecule has 2 atom stereocenters. The number of aromatic nitrogens is 2. The van der Waals surface area contributed by atoms with Gasteiger partial charge in [0.05, 0.1) is 11.8 Å². The number of hydrogen-bond acceptors (Lipinski definition) is 3. The SMILES string of the molecule is Cc1ccn(CC(=O)N2CC[C@@H](c3ccc4ccccc4c3)[C@H](O)C2)n1. The Morgan fingerprint density at radius 1 is 1.19 bits per heavy atom. The molecule has 0 bridgehead atoms. The second-order valence-electron chi connectivity index (χ2n) is 7.06. The van der Waals surface area contributed by atoms with E-state index in [4.69, 9.17) is 0 Å². The quantitative estimate of drug-likeness (QED) is 0.791. The van der Waals surface area contributed by atoms with E-state index in [0.717, 1.165) is 17.7 Å². The van der Waals surface area contributed by atoms with Crippen molar-refractivity contribution in [2.45, 2.75) is 31.9 Å². The molecule has 2 heterocycles. The summed E-state index contributed by atoms with van der Waals surface area (Å²) in [6, 6.07) is 16.5. The van der Waals surface area contributed by atoms with E-state index in [1.807, 2.05) is 31.3 Å². The van der Waals surface area contributed by atoms with Crippen molar-refractivity contribution in [3.05, 3.63) is 66.0 Å². The first-order valence-electron chi connectivity index (χ1n) is 9.05. The Morgan fingerprint density at radius 3 is 2.73 bits per heavy atom. The molecule has 26 heavy (non-hydrogen) atoms. The van der Waals surface area contributed by atoms with Gasteiger partial charge in [-0.05, 0) is 35.7 Å². The molecule has 0 radical (unpaired) electrons. The summed E-state index contributed by atoms with van der Waals surface area (Å²) in [4.78, 5) is 14.2. The first kappa shape index (κ1) is 16.8. The number of rotatable bonds is 3. The Bertz CT molecular complexity index is 934. The maximum Gasteiger partial charge on any atom is 0.244 e. The summed E-state index contributed by atoms with van der Waals surface area (Å²) in [7, 11) is 0. The number of piperidine rings is 1. The van der Waals surface area contributed by atoms with Crippen LogP contribution < -0.4 is 0 Å². The molecule has 1 amide bonds. The maximum atomic E-state index is 12.5. The van der Waals surface area contributed by atoms with E-state index in [-0.39, 0.29) is 18.4 Å². The average molecular weight is 349 g/mol. The lowest BCUT2D eigenvalue weighted by Crippen LogP contribution is -2.46. The molecule has 1 fully saturated rings. The standard InChI is InChI=1S/C21H23N3O2/c1-15-8-11-24(22-15)14-21(26)23-10-9-19(20(25)13-23)18-7-6-16-4-2-3-5-17(16)12-18/h2-8,11-12,19-20,25H,9-10,13-14H2,1H3/t19-,20+/m0/s1. The van der Waals surface area contributed by atoms with Crippen molar-refractivity contribution in [3.8, 4) is 0 Å². The average Bonchev–Trinajstić information content (AvgIpc) is 3.06. The fourth-order valence-corrected chi connectivity index (χ4v) is 3.78. The second kappa shape index (κ2) is 6.92. The fourth-order valence-electron chi connectivity index (χ4n) is 3.78. The van der Waals surface area contributed by atoms with Gasteiger partial charge in [-0.15, -0.1) is 0 Å². The summed E-state index contributed by atoms with van der Waals surface area (Å²) in [5, 5.41) is 17.3. The zero-order chi connectivity index (χ0) is 18.1. The predicted molar refractivity (Wildman–Crippen MR) is 101 cm³/mol. The van der Waals surface area contributed by atoms with Crippen LogP contribution in [0.1, 0.15) is 23.6 Å². The number of carbonyl (C=O) groups is 1. The highest BCUT2D eigenvalue weighted by Crippen LogP contribution is 2.30. The van der Waals surface area contributed by atoms with Crippen LogP contribution in [0.2, 0.25) is 0 Å². The Kier molecular flexibility index (Phi) is 4.47. The molecule has 4 rings (SSSR count). The van der Waals surface area contributed by atoms with Crippen molar-refractivity contribution in [1.82, 2.24) is 14.7 Å². The third-order valence-electron chi connectivity index (χ3n) is 5.21. The first-order valence-corrected chi connectivity index (χ1v) is 9.05. The third-order valence-corrected chi connectivity index (χ3v) is 5.21. The molecule has 0 saturated carbocycles. The third kappa shape index (κ3) is 3.35. The maximum absolute atomic E-state index is 12.5. The van der Waals surface area contributed by atoms with Crippen LogP contribution in [-0.2, 0) is 11.3 Å². The van der Waals surface area contributed by atoms with Gasteiger partial charge in [0.15, 0.2) is 0 Å². The highest BCUT2D eigenvalue weighted by molar-refractivity contribution is 5.83. The second-order valence-corrected chi connectivity index (χ2v) is 7.06. The molecule has 1 aliphatic rings. The molecule has 1 saturated heterocycles. The van der Waals surface area contributed by atoms with Gasteiger partial charge in [-0.2, -0.15) is 5.10 Å². The molecule has 3 aromatic rings. The van der Waals surface area contributed by atoms with E-state index in [1.54, 1.807) is 9.58 Å². The molecule has 1 aliphatic heterocycles. The Hall–Kier alpha value is -2.66. The van der Waals surface area contributed by atoms with Crippen molar-refractivity contribution >= 4 is 16.7 Å².